The minimum Gasteiger partial charge on any atom is -0.294 e. The molecule has 1 aromatic carbocycles. The van der Waals surface area contributed by atoms with Crippen molar-refractivity contribution in [3.63, 3.8) is 0 Å². The molecule has 1 aliphatic carbocycles. The molecule has 1 aliphatic rings. The maximum Gasteiger partial charge on any atom is 0.163 e. The van der Waals surface area contributed by atoms with Crippen LogP contribution in [0.25, 0.3) is 0 Å². The highest BCUT2D eigenvalue weighted by atomic mass is 16.1. The molecule has 19 heavy (non-hydrogen) atoms. The first-order valence-electron chi connectivity index (χ1n) is 7.50. The normalized spacial score (nSPS) is 16.2. The van der Waals surface area contributed by atoms with Gasteiger partial charge in [0.15, 0.2) is 5.78 Å². The van der Waals surface area contributed by atoms with Crippen LogP contribution in [0.3, 0.4) is 0 Å². The van der Waals surface area contributed by atoms with Crippen molar-refractivity contribution in [2.75, 3.05) is 0 Å². The molecule has 0 aliphatic heterocycles. The quantitative estimate of drug-likeness (QED) is 0.708. The van der Waals surface area contributed by atoms with Gasteiger partial charge in [0, 0.05) is 12.0 Å². The summed E-state index contributed by atoms with van der Waals surface area (Å²) in [7, 11) is 0. The van der Waals surface area contributed by atoms with Crippen LogP contribution in [0.5, 0.6) is 0 Å². The highest BCUT2D eigenvalue weighted by Crippen LogP contribution is 2.28. The van der Waals surface area contributed by atoms with Gasteiger partial charge < -0.3 is 0 Å². The first-order chi connectivity index (χ1) is 8.85. The topological polar surface area (TPSA) is 17.1 Å². The SMILES string of the molecule is CC(CC(=O)c1ccc2c(c1)CCC2)CC(C)(C)C. The second-order valence-corrected chi connectivity index (χ2v) is 7.33. The molecule has 1 unspecified atom stereocenters. The Morgan fingerprint density at radius 3 is 2.58 bits per heavy atom. The molecule has 1 aromatic rings. The van der Waals surface area contributed by atoms with Crippen LogP contribution < -0.4 is 0 Å². The van der Waals surface area contributed by atoms with Gasteiger partial charge in [0.1, 0.15) is 0 Å². The number of carbonyl (C=O) groups excluding carboxylic acids is 1. The van der Waals surface area contributed by atoms with E-state index in [0.29, 0.717) is 23.5 Å². The first kappa shape index (κ1) is 14.3. The highest BCUT2D eigenvalue weighted by Gasteiger charge is 2.19. The standard InChI is InChI=1S/C18H26O/c1-13(12-18(2,3)4)10-17(19)16-9-8-14-6-5-7-15(14)11-16/h8-9,11,13H,5-7,10,12H2,1-4H3. The third-order valence-electron chi connectivity index (χ3n) is 3.92. The van der Waals surface area contributed by atoms with E-state index >= 15 is 0 Å². The van der Waals surface area contributed by atoms with E-state index in [1.165, 1.54) is 24.0 Å². The van der Waals surface area contributed by atoms with E-state index in [4.69, 9.17) is 0 Å². The van der Waals surface area contributed by atoms with Gasteiger partial charge in [0.05, 0.1) is 0 Å². The first-order valence-corrected chi connectivity index (χ1v) is 7.50. The fraction of sp³-hybridized carbons (Fsp3) is 0.611. The lowest BCUT2D eigenvalue weighted by Gasteiger charge is -2.22. The van der Waals surface area contributed by atoms with E-state index in [1.54, 1.807) is 0 Å². The van der Waals surface area contributed by atoms with Crippen LogP contribution in [0.15, 0.2) is 18.2 Å². The number of hydrogen-bond donors (Lipinski definition) is 0. The molecular formula is C18H26O. The lowest BCUT2D eigenvalue weighted by molar-refractivity contribution is 0.0954. The molecule has 104 valence electrons. The third-order valence-corrected chi connectivity index (χ3v) is 3.92. The van der Waals surface area contributed by atoms with Crippen LogP contribution in [0.4, 0.5) is 0 Å². The highest BCUT2D eigenvalue weighted by molar-refractivity contribution is 5.96. The second kappa shape index (κ2) is 5.48. The fourth-order valence-corrected chi connectivity index (χ4v) is 3.30. The van der Waals surface area contributed by atoms with Gasteiger partial charge in [0.2, 0.25) is 0 Å². The third kappa shape index (κ3) is 3.92. The minimum atomic E-state index is 0.303. The van der Waals surface area contributed by atoms with Crippen molar-refractivity contribution in [1.82, 2.24) is 0 Å². The smallest absolute Gasteiger partial charge is 0.163 e. The molecule has 1 atom stereocenters. The van der Waals surface area contributed by atoms with E-state index in [0.717, 1.165) is 18.4 Å². The number of benzene rings is 1. The van der Waals surface area contributed by atoms with Crippen molar-refractivity contribution < 1.29 is 4.79 Å². The summed E-state index contributed by atoms with van der Waals surface area (Å²) in [4.78, 5) is 12.3. The molecule has 0 saturated heterocycles. The van der Waals surface area contributed by atoms with Crippen LogP contribution in [0.1, 0.15) is 68.4 Å². The van der Waals surface area contributed by atoms with Crippen LogP contribution in [-0.4, -0.2) is 5.78 Å². The molecule has 0 N–H and O–H groups in total. The van der Waals surface area contributed by atoms with Crippen LogP contribution in [0.2, 0.25) is 0 Å². The average Bonchev–Trinajstić information content (AvgIpc) is 2.72. The predicted octanol–water partition coefficient (Wildman–Crippen LogP) is 4.82. The molecule has 0 aromatic heterocycles. The van der Waals surface area contributed by atoms with E-state index in [2.05, 4.69) is 39.8 Å². The fourth-order valence-electron chi connectivity index (χ4n) is 3.30. The van der Waals surface area contributed by atoms with Gasteiger partial charge in [-0.15, -0.1) is 0 Å². The Kier molecular flexibility index (Phi) is 4.13. The summed E-state index contributed by atoms with van der Waals surface area (Å²) in [5, 5.41) is 0. The van der Waals surface area contributed by atoms with Crippen LogP contribution in [0, 0.1) is 11.3 Å². The Hall–Kier alpha value is -1.11. The molecule has 0 amide bonds. The van der Waals surface area contributed by atoms with E-state index in [-0.39, 0.29) is 0 Å². The Balaban J connectivity index is 2.00. The number of hydrogen-bond acceptors (Lipinski definition) is 1. The number of rotatable bonds is 4. The lowest BCUT2D eigenvalue weighted by atomic mass is 9.83. The van der Waals surface area contributed by atoms with Gasteiger partial charge in [-0.1, -0.05) is 39.8 Å². The van der Waals surface area contributed by atoms with E-state index in [9.17, 15) is 4.79 Å². The Morgan fingerprint density at radius 1 is 1.21 bits per heavy atom. The van der Waals surface area contributed by atoms with Crippen molar-refractivity contribution >= 4 is 5.78 Å². The zero-order chi connectivity index (χ0) is 14.0. The van der Waals surface area contributed by atoms with Crippen molar-refractivity contribution in [3.8, 4) is 0 Å². The summed E-state index contributed by atoms with van der Waals surface area (Å²) in [6.45, 7) is 8.91. The summed E-state index contributed by atoms with van der Waals surface area (Å²) in [5.74, 6) is 0.771. The largest absolute Gasteiger partial charge is 0.294 e. The van der Waals surface area contributed by atoms with E-state index in [1.807, 2.05) is 6.07 Å². The average molecular weight is 258 g/mol. The molecule has 1 nitrogen and oxygen atoms in total. The molecule has 1 heteroatoms. The predicted molar refractivity (Wildman–Crippen MR) is 80.7 cm³/mol. The molecule has 0 saturated carbocycles. The lowest BCUT2D eigenvalue weighted by Crippen LogP contribution is -2.14. The second-order valence-electron chi connectivity index (χ2n) is 7.33. The monoisotopic (exact) mass is 258 g/mol. The molecule has 2 rings (SSSR count). The van der Waals surface area contributed by atoms with Gasteiger partial charge in [-0.3, -0.25) is 4.79 Å². The summed E-state index contributed by atoms with van der Waals surface area (Å²) in [5.41, 5.74) is 4.06. The molecule has 0 heterocycles. The van der Waals surface area contributed by atoms with Crippen LogP contribution in [-0.2, 0) is 12.8 Å². The molecule has 0 fully saturated rings. The number of carbonyl (C=O) groups is 1. The summed E-state index contributed by atoms with van der Waals surface area (Å²) < 4.78 is 0. The zero-order valence-corrected chi connectivity index (χ0v) is 12.8. The van der Waals surface area contributed by atoms with Crippen molar-refractivity contribution in [1.29, 1.82) is 0 Å². The minimum absolute atomic E-state index is 0.303. The van der Waals surface area contributed by atoms with Gasteiger partial charge >= 0.3 is 0 Å². The van der Waals surface area contributed by atoms with E-state index < -0.39 is 0 Å². The van der Waals surface area contributed by atoms with Crippen molar-refractivity contribution in [3.05, 3.63) is 34.9 Å². The maximum absolute atomic E-state index is 12.3. The van der Waals surface area contributed by atoms with Crippen molar-refractivity contribution in [2.45, 2.75) is 59.8 Å². The molecule has 0 radical (unpaired) electrons. The summed E-state index contributed by atoms with van der Waals surface area (Å²) in [6.07, 6.45) is 5.35. The van der Waals surface area contributed by atoms with Gasteiger partial charge in [-0.25, -0.2) is 0 Å². The molecular weight excluding hydrogens is 232 g/mol. The Morgan fingerprint density at radius 2 is 1.89 bits per heavy atom. The zero-order valence-electron chi connectivity index (χ0n) is 12.8. The number of Topliss-reactive ketones (excluding diaryl/α,β-unsaturated/α-hetero) is 1. The van der Waals surface area contributed by atoms with Gasteiger partial charge in [0.25, 0.3) is 0 Å². The number of aryl methyl sites for hydroxylation is 2. The van der Waals surface area contributed by atoms with Crippen molar-refractivity contribution in [2.24, 2.45) is 11.3 Å². The van der Waals surface area contributed by atoms with Gasteiger partial charge in [-0.2, -0.15) is 0 Å². The Bertz CT molecular complexity index is 465. The number of fused-ring (bicyclic) bond motifs is 1. The molecule has 0 bridgehead atoms. The summed E-state index contributed by atoms with van der Waals surface area (Å²) >= 11 is 0. The molecule has 0 spiro atoms. The Labute approximate surface area is 117 Å². The number of ketones is 1. The summed E-state index contributed by atoms with van der Waals surface area (Å²) in [6, 6.07) is 6.31. The van der Waals surface area contributed by atoms with Crippen LogP contribution >= 0.6 is 0 Å². The maximum atomic E-state index is 12.3. The van der Waals surface area contributed by atoms with Gasteiger partial charge in [-0.05, 0) is 54.2 Å².